The maximum atomic E-state index is 13.1. The molecule has 50 heavy (non-hydrogen) atoms. The van der Waals surface area contributed by atoms with Crippen molar-refractivity contribution in [1.29, 1.82) is 0 Å². The molecular weight excluding hydrogens is 646 g/mol. The van der Waals surface area contributed by atoms with Crippen LogP contribution in [0.25, 0.3) is 32.9 Å². The van der Waals surface area contributed by atoms with E-state index in [-0.39, 0.29) is 12.8 Å². The Morgan fingerprint density at radius 2 is 1.16 bits per heavy atom. The first kappa shape index (κ1) is 35.4. The molecule has 3 aromatic carbocycles. The van der Waals surface area contributed by atoms with Crippen molar-refractivity contribution >= 4 is 45.1 Å². The lowest BCUT2D eigenvalue weighted by atomic mass is 9.84. The van der Waals surface area contributed by atoms with E-state index in [0.29, 0.717) is 17.9 Å². The summed E-state index contributed by atoms with van der Waals surface area (Å²) in [5.41, 5.74) is 15.3. The number of carbonyl (C=O) groups excluding carboxylic acids is 2. The van der Waals surface area contributed by atoms with Gasteiger partial charge in [-0.25, -0.2) is 9.59 Å². The van der Waals surface area contributed by atoms with Crippen LogP contribution in [-0.2, 0) is 6.54 Å². The lowest BCUT2D eigenvalue weighted by Gasteiger charge is -2.39. The highest BCUT2D eigenvalue weighted by atomic mass is 16.4. The number of aliphatic hydroxyl groups excluding tert-OH is 6. The molecule has 2 saturated carbocycles. The highest BCUT2D eigenvalue weighted by Gasteiger charge is 2.43. The number of amides is 4. The molecule has 0 saturated heterocycles. The summed E-state index contributed by atoms with van der Waals surface area (Å²) in [6.07, 6.45) is -8.20. The third kappa shape index (κ3) is 6.82. The molecule has 0 spiro atoms. The molecule has 2 fully saturated rings. The van der Waals surface area contributed by atoms with Gasteiger partial charge in [0.25, 0.3) is 0 Å². The van der Waals surface area contributed by atoms with Gasteiger partial charge < -0.3 is 63.4 Å². The van der Waals surface area contributed by atoms with Gasteiger partial charge in [0.15, 0.2) is 0 Å². The molecule has 10 atom stereocenters. The van der Waals surface area contributed by atoms with Crippen molar-refractivity contribution in [3.05, 3.63) is 66.7 Å². The summed E-state index contributed by atoms with van der Waals surface area (Å²) in [6.45, 7) is 2.55. The number of aromatic nitrogens is 1. The van der Waals surface area contributed by atoms with Crippen LogP contribution in [0.15, 0.2) is 66.7 Å². The molecule has 1 heterocycles. The van der Waals surface area contributed by atoms with E-state index in [4.69, 9.17) is 11.5 Å². The molecule has 0 unspecified atom stereocenters. The minimum Gasteiger partial charge on any atom is -0.389 e. The van der Waals surface area contributed by atoms with Crippen molar-refractivity contribution in [1.82, 2.24) is 10.6 Å². The van der Waals surface area contributed by atoms with E-state index in [9.17, 15) is 40.2 Å². The lowest BCUT2D eigenvalue weighted by Crippen LogP contribution is -2.63. The Morgan fingerprint density at radius 1 is 0.660 bits per heavy atom. The molecule has 15 nitrogen and oxygen atoms in total. The summed E-state index contributed by atoms with van der Waals surface area (Å²) in [7, 11) is 0. The number of fused-ring (bicyclic) bond motifs is 3. The molecule has 1 aromatic heterocycles. The third-order valence-electron chi connectivity index (χ3n) is 9.79. The van der Waals surface area contributed by atoms with Crippen molar-refractivity contribution in [2.45, 2.75) is 87.1 Å². The number of anilines is 2. The second-order valence-corrected chi connectivity index (χ2v) is 13.1. The molecule has 0 aliphatic heterocycles. The van der Waals surface area contributed by atoms with Crippen LogP contribution >= 0.6 is 0 Å². The fourth-order valence-corrected chi connectivity index (χ4v) is 7.11. The van der Waals surface area contributed by atoms with Gasteiger partial charge in [-0.05, 0) is 56.2 Å². The van der Waals surface area contributed by atoms with Crippen LogP contribution in [0.1, 0.15) is 19.8 Å². The smallest absolute Gasteiger partial charge is 0.319 e. The van der Waals surface area contributed by atoms with E-state index in [1.165, 1.54) is 0 Å². The number of hydrogen-bond acceptors (Lipinski definition) is 10. The zero-order valence-corrected chi connectivity index (χ0v) is 27.3. The standard InChI is InChI=1S/C35H43N7O8/c1-2-42-26-13-18(39-35(50)41-25-15-23(37)29(44)33(48)31(25)46)9-11-20(26)19-10-8-17(12-21(19)27(42)16-6-4-3-5-7-16)38-34(49)40-24-14-22(36)28(43)32(47)30(24)45/h3-13,22-25,28-33,43-48H,2,14-15,36-37H2,1H3,(H3,38,40,41,49,50)/p+1/t22-,23+,24+,25-,28+,29-,30-,31+,32-,33+/m1/s1. The predicted molar refractivity (Wildman–Crippen MR) is 186 cm³/mol. The monoisotopic (exact) mass is 690 g/mol. The fourth-order valence-electron chi connectivity index (χ4n) is 7.11. The normalized spacial score (nSPS) is 29.8. The number of nitrogens with zero attached hydrogens (tertiary/aromatic N) is 1. The van der Waals surface area contributed by atoms with E-state index in [0.717, 1.165) is 32.9 Å². The van der Waals surface area contributed by atoms with Crippen LogP contribution in [0.3, 0.4) is 0 Å². The van der Waals surface area contributed by atoms with Gasteiger partial charge in [-0.15, -0.1) is 0 Å². The minimum absolute atomic E-state index is 0.0770. The van der Waals surface area contributed by atoms with Crippen molar-refractivity contribution in [3.63, 3.8) is 0 Å². The minimum atomic E-state index is -1.49. The summed E-state index contributed by atoms with van der Waals surface area (Å²) >= 11 is 0. The van der Waals surface area contributed by atoms with Crippen LogP contribution < -0.4 is 37.3 Å². The first-order chi connectivity index (χ1) is 23.9. The highest BCUT2D eigenvalue weighted by molar-refractivity contribution is 6.11. The first-order valence-electron chi connectivity index (χ1n) is 16.6. The van der Waals surface area contributed by atoms with Crippen molar-refractivity contribution < 1.29 is 44.8 Å². The molecule has 266 valence electrons. The molecule has 14 N–H and O–H groups in total. The van der Waals surface area contributed by atoms with Crippen molar-refractivity contribution in [2.75, 3.05) is 10.6 Å². The van der Waals surface area contributed by atoms with Gasteiger partial charge in [-0.3, -0.25) is 0 Å². The van der Waals surface area contributed by atoms with E-state index in [2.05, 4.69) is 25.8 Å². The second-order valence-electron chi connectivity index (χ2n) is 13.1. The molecule has 2 aliphatic carbocycles. The fraction of sp³-hybridized carbons (Fsp3) is 0.400. The van der Waals surface area contributed by atoms with Gasteiger partial charge in [0.1, 0.15) is 31.0 Å². The number of rotatable bonds is 6. The first-order valence-corrected chi connectivity index (χ1v) is 16.6. The number of pyridine rings is 1. The van der Waals surface area contributed by atoms with Crippen LogP contribution in [0, 0.1) is 0 Å². The Morgan fingerprint density at radius 3 is 1.68 bits per heavy atom. The third-order valence-corrected chi connectivity index (χ3v) is 9.79. The summed E-state index contributed by atoms with van der Waals surface area (Å²) in [4.78, 5) is 26.1. The number of carbonyl (C=O) groups is 2. The quantitative estimate of drug-likeness (QED) is 0.0918. The second kappa shape index (κ2) is 14.4. The number of aliphatic hydroxyl groups is 6. The molecular formula is C35H44N7O8+. The summed E-state index contributed by atoms with van der Waals surface area (Å²) in [5.74, 6) is 0. The number of hydrogen-bond donors (Lipinski definition) is 12. The summed E-state index contributed by atoms with van der Waals surface area (Å²) < 4.78 is 2.11. The molecule has 4 amide bonds. The number of nitrogens with two attached hydrogens (primary N) is 2. The Balaban J connectivity index is 1.31. The number of benzene rings is 3. The predicted octanol–water partition coefficient (Wildman–Crippen LogP) is -0.425. The van der Waals surface area contributed by atoms with E-state index >= 15 is 0 Å². The molecule has 4 aromatic rings. The van der Waals surface area contributed by atoms with E-state index in [1.807, 2.05) is 61.5 Å². The maximum Gasteiger partial charge on any atom is 0.319 e. The average Bonchev–Trinajstić information content (AvgIpc) is 3.10. The Hall–Kier alpha value is -4.45. The van der Waals surface area contributed by atoms with Gasteiger partial charge in [0, 0.05) is 40.5 Å². The van der Waals surface area contributed by atoms with Crippen LogP contribution in [0.2, 0.25) is 0 Å². The molecule has 0 radical (unpaired) electrons. The highest BCUT2D eigenvalue weighted by Crippen LogP contribution is 2.34. The molecule has 2 aliphatic rings. The van der Waals surface area contributed by atoms with Gasteiger partial charge in [0.2, 0.25) is 11.2 Å². The number of aryl methyl sites for hydroxylation is 1. The zero-order chi connectivity index (χ0) is 35.9. The maximum absolute atomic E-state index is 13.1. The Labute approximate surface area is 287 Å². The van der Waals surface area contributed by atoms with Gasteiger partial charge >= 0.3 is 12.1 Å². The van der Waals surface area contributed by atoms with E-state index < -0.39 is 72.9 Å². The molecule has 6 rings (SSSR count). The topological polar surface area (TPSA) is 260 Å². The van der Waals surface area contributed by atoms with Gasteiger partial charge in [-0.1, -0.05) is 24.3 Å². The average molecular weight is 691 g/mol. The molecule has 15 heteroatoms. The van der Waals surface area contributed by atoms with Gasteiger partial charge in [0.05, 0.1) is 35.1 Å². The zero-order valence-electron chi connectivity index (χ0n) is 27.3. The Bertz CT molecular complexity index is 1880. The summed E-state index contributed by atoms with van der Waals surface area (Å²) in [5, 5.41) is 74.6. The van der Waals surface area contributed by atoms with Crippen LogP contribution in [0.4, 0.5) is 21.0 Å². The van der Waals surface area contributed by atoms with Crippen LogP contribution in [0.5, 0.6) is 0 Å². The van der Waals surface area contributed by atoms with Crippen molar-refractivity contribution in [2.24, 2.45) is 11.5 Å². The van der Waals surface area contributed by atoms with Crippen molar-refractivity contribution in [3.8, 4) is 11.3 Å². The Kier molecular flexibility index (Phi) is 10.2. The molecule has 0 bridgehead atoms. The van der Waals surface area contributed by atoms with E-state index in [1.54, 1.807) is 12.1 Å². The van der Waals surface area contributed by atoms with Crippen LogP contribution in [-0.4, -0.2) is 103 Å². The largest absolute Gasteiger partial charge is 0.389 e. The van der Waals surface area contributed by atoms with Gasteiger partial charge in [-0.2, -0.15) is 4.57 Å². The lowest BCUT2D eigenvalue weighted by molar-refractivity contribution is -0.655. The number of urea groups is 2. The SMILES string of the molecule is CC[n+]1c(-c2ccccc2)c2cc(NC(=O)N[C@H]3C[C@@H](N)[C@H](O)[C@@H](O)[C@@H]3O)ccc2c2ccc(NC(=O)N[C@@H]3C[C@H](N)[C@@H](O)[C@H](O)[C@H]3O)cc21. The summed E-state index contributed by atoms with van der Waals surface area (Å²) in [6, 6.07) is 16.1. The number of nitrogens with one attached hydrogen (secondary N) is 4.